The Hall–Kier alpha value is -1.18. The maximum Gasteiger partial charge on any atom is 0.0642 e. The van der Waals surface area contributed by atoms with Gasteiger partial charge < -0.3 is 9.80 Å². The SMILES string of the molecule is CCCc1cc2c(c(CCC)c1CCC)N(CCC)C(CCC)C(CCC)N2CCC. The third kappa shape index (κ3) is 5.79. The molecule has 0 amide bonds. The second kappa shape index (κ2) is 13.4. The summed E-state index contributed by atoms with van der Waals surface area (Å²) in [5.74, 6) is 0. The minimum atomic E-state index is 0.657. The minimum absolute atomic E-state index is 0.657. The van der Waals surface area contributed by atoms with Gasteiger partial charge in [0.2, 0.25) is 0 Å². The van der Waals surface area contributed by atoms with Crippen LogP contribution in [0.4, 0.5) is 11.4 Å². The Kier molecular flexibility index (Phi) is 11.3. The van der Waals surface area contributed by atoms with E-state index in [9.17, 15) is 0 Å². The summed E-state index contributed by atoms with van der Waals surface area (Å²) in [6.45, 7) is 19.0. The summed E-state index contributed by atoms with van der Waals surface area (Å²) in [7, 11) is 0. The zero-order valence-electron chi connectivity index (χ0n) is 22.0. The first-order valence-electron chi connectivity index (χ1n) is 13.8. The highest BCUT2D eigenvalue weighted by atomic mass is 15.3. The van der Waals surface area contributed by atoms with E-state index in [1.54, 1.807) is 28.1 Å². The molecule has 1 aliphatic rings. The van der Waals surface area contributed by atoms with Crippen LogP contribution in [0.15, 0.2) is 6.07 Å². The van der Waals surface area contributed by atoms with Crippen molar-refractivity contribution < 1.29 is 0 Å². The Bertz CT molecular complexity index is 651. The van der Waals surface area contributed by atoms with Gasteiger partial charge in [-0.15, -0.1) is 0 Å². The molecule has 2 atom stereocenters. The van der Waals surface area contributed by atoms with E-state index in [-0.39, 0.29) is 0 Å². The van der Waals surface area contributed by atoms with Gasteiger partial charge in [0, 0.05) is 25.2 Å². The number of anilines is 2. The Morgan fingerprint density at radius 1 is 0.581 bits per heavy atom. The molecule has 0 spiro atoms. The van der Waals surface area contributed by atoms with Gasteiger partial charge in [-0.05, 0) is 67.7 Å². The van der Waals surface area contributed by atoms with Crippen molar-refractivity contribution in [3.63, 3.8) is 0 Å². The summed E-state index contributed by atoms with van der Waals surface area (Å²) < 4.78 is 0. The van der Waals surface area contributed by atoms with E-state index in [0.717, 1.165) is 0 Å². The van der Waals surface area contributed by atoms with Crippen LogP contribution in [0.2, 0.25) is 0 Å². The van der Waals surface area contributed by atoms with Crippen LogP contribution >= 0.6 is 0 Å². The van der Waals surface area contributed by atoms with E-state index in [0.29, 0.717) is 12.1 Å². The van der Waals surface area contributed by atoms with Gasteiger partial charge in [0.25, 0.3) is 0 Å². The smallest absolute Gasteiger partial charge is 0.0642 e. The van der Waals surface area contributed by atoms with Gasteiger partial charge in [-0.1, -0.05) is 80.6 Å². The van der Waals surface area contributed by atoms with E-state index >= 15 is 0 Å². The number of nitrogens with zero attached hydrogens (tertiary/aromatic N) is 2. The number of hydrogen-bond donors (Lipinski definition) is 0. The van der Waals surface area contributed by atoms with Gasteiger partial charge in [0.15, 0.2) is 0 Å². The molecule has 0 N–H and O–H groups in total. The van der Waals surface area contributed by atoms with Crippen molar-refractivity contribution in [1.82, 2.24) is 0 Å². The monoisotopic (exact) mass is 428 g/mol. The molecule has 2 unspecified atom stereocenters. The zero-order valence-corrected chi connectivity index (χ0v) is 22.0. The molecule has 1 heterocycles. The molecular weight excluding hydrogens is 376 g/mol. The molecule has 2 nitrogen and oxygen atoms in total. The third-order valence-corrected chi connectivity index (χ3v) is 7.05. The molecule has 2 rings (SSSR count). The molecular formula is C29H52N2. The number of fused-ring (bicyclic) bond motifs is 1. The minimum Gasteiger partial charge on any atom is -0.365 e. The molecule has 178 valence electrons. The average Bonchev–Trinajstić information content (AvgIpc) is 2.75. The average molecular weight is 429 g/mol. The Balaban J connectivity index is 2.83. The largest absolute Gasteiger partial charge is 0.365 e. The highest BCUT2D eigenvalue weighted by Gasteiger charge is 2.39. The Labute approximate surface area is 194 Å². The lowest BCUT2D eigenvalue weighted by Gasteiger charge is -2.52. The van der Waals surface area contributed by atoms with Crippen LogP contribution in [0.1, 0.15) is 123 Å². The first-order chi connectivity index (χ1) is 15.1. The molecule has 1 aliphatic heterocycles. The molecule has 0 aliphatic carbocycles. The molecule has 0 saturated carbocycles. The van der Waals surface area contributed by atoms with E-state index < -0.39 is 0 Å². The van der Waals surface area contributed by atoms with Gasteiger partial charge in [-0.3, -0.25) is 0 Å². The van der Waals surface area contributed by atoms with Crippen molar-refractivity contribution in [3.05, 3.63) is 22.8 Å². The molecule has 31 heavy (non-hydrogen) atoms. The fourth-order valence-corrected chi connectivity index (χ4v) is 6.02. The van der Waals surface area contributed by atoms with Crippen LogP contribution in [-0.2, 0) is 19.3 Å². The fraction of sp³-hybridized carbons (Fsp3) is 0.793. The quantitative estimate of drug-likeness (QED) is 0.294. The van der Waals surface area contributed by atoms with Gasteiger partial charge in [-0.25, -0.2) is 0 Å². The topological polar surface area (TPSA) is 6.48 Å². The van der Waals surface area contributed by atoms with E-state index in [1.807, 2.05) is 0 Å². The second-order valence-corrected chi connectivity index (χ2v) is 9.71. The number of benzene rings is 1. The molecule has 1 aromatic carbocycles. The summed E-state index contributed by atoms with van der Waals surface area (Å²) in [6.07, 6.45) is 15.1. The molecule has 2 heteroatoms. The lowest BCUT2D eigenvalue weighted by Crippen LogP contribution is -2.57. The van der Waals surface area contributed by atoms with Crippen molar-refractivity contribution in [2.24, 2.45) is 0 Å². The van der Waals surface area contributed by atoms with Crippen molar-refractivity contribution in [1.29, 1.82) is 0 Å². The summed E-state index contributed by atoms with van der Waals surface area (Å²) in [5, 5.41) is 0. The summed E-state index contributed by atoms with van der Waals surface area (Å²) in [5.41, 5.74) is 8.26. The highest BCUT2D eigenvalue weighted by Crippen LogP contribution is 2.46. The number of hydrogen-bond acceptors (Lipinski definition) is 2. The summed E-state index contributed by atoms with van der Waals surface area (Å²) >= 11 is 0. The standard InChI is InChI=1S/C29H52N2/c1-8-15-23-22-28-29(25(17-10-3)24(23)16-9-2)31(21-14-7)27(19-12-5)26(18-11-4)30(28)20-13-6/h22,26-27H,8-21H2,1-7H3. The number of rotatable bonds is 14. The van der Waals surface area contributed by atoms with Gasteiger partial charge in [0.1, 0.15) is 0 Å². The van der Waals surface area contributed by atoms with Gasteiger partial charge in [-0.2, -0.15) is 0 Å². The van der Waals surface area contributed by atoms with Gasteiger partial charge in [0.05, 0.1) is 11.4 Å². The predicted octanol–water partition coefficient (Wildman–Crippen LogP) is 8.33. The molecule has 0 fully saturated rings. The molecule has 1 aromatic rings. The molecule has 0 saturated heterocycles. The Morgan fingerprint density at radius 2 is 1.10 bits per heavy atom. The zero-order chi connectivity index (χ0) is 22.8. The number of aryl methyl sites for hydroxylation is 1. The molecule has 0 radical (unpaired) electrons. The van der Waals surface area contributed by atoms with Crippen molar-refractivity contribution in [3.8, 4) is 0 Å². The maximum atomic E-state index is 2.89. The predicted molar refractivity (Wildman–Crippen MR) is 141 cm³/mol. The van der Waals surface area contributed by atoms with Crippen molar-refractivity contribution >= 4 is 11.4 Å². The maximum absolute atomic E-state index is 2.89. The van der Waals surface area contributed by atoms with Crippen LogP contribution in [-0.4, -0.2) is 25.2 Å². The fourth-order valence-electron chi connectivity index (χ4n) is 6.02. The van der Waals surface area contributed by atoms with Crippen LogP contribution in [0.25, 0.3) is 0 Å². The van der Waals surface area contributed by atoms with E-state index in [4.69, 9.17) is 0 Å². The van der Waals surface area contributed by atoms with E-state index in [1.165, 1.54) is 90.1 Å². The first-order valence-corrected chi connectivity index (χ1v) is 13.8. The lowest BCUT2D eigenvalue weighted by atomic mass is 9.84. The summed E-state index contributed by atoms with van der Waals surface area (Å²) in [6, 6.07) is 3.96. The Morgan fingerprint density at radius 3 is 1.61 bits per heavy atom. The van der Waals surface area contributed by atoms with Crippen LogP contribution in [0.3, 0.4) is 0 Å². The second-order valence-electron chi connectivity index (χ2n) is 9.71. The van der Waals surface area contributed by atoms with Crippen molar-refractivity contribution in [2.75, 3.05) is 22.9 Å². The summed E-state index contributed by atoms with van der Waals surface area (Å²) in [4.78, 5) is 5.75. The van der Waals surface area contributed by atoms with Crippen LogP contribution < -0.4 is 9.80 Å². The normalized spacial score (nSPS) is 18.5. The lowest BCUT2D eigenvalue weighted by molar-refractivity contribution is 0.389. The highest BCUT2D eigenvalue weighted by molar-refractivity contribution is 5.81. The van der Waals surface area contributed by atoms with Crippen LogP contribution in [0.5, 0.6) is 0 Å². The van der Waals surface area contributed by atoms with Crippen molar-refractivity contribution in [2.45, 2.75) is 138 Å². The first kappa shape index (κ1) is 26.1. The molecule has 0 aromatic heterocycles. The molecule has 0 bridgehead atoms. The van der Waals surface area contributed by atoms with Crippen LogP contribution in [0, 0.1) is 0 Å². The van der Waals surface area contributed by atoms with Gasteiger partial charge >= 0.3 is 0 Å². The third-order valence-electron chi connectivity index (χ3n) is 7.05. The van der Waals surface area contributed by atoms with E-state index in [2.05, 4.69) is 64.3 Å².